The molecule has 0 aromatic carbocycles. The second kappa shape index (κ2) is 51.4. The van der Waals surface area contributed by atoms with E-state index in [1.807, 2.05) is 0 Å². The first-order valence-corrected chi connectivity index (χ1v) is 28.4. The summed E-state index contributed by atoms with van der Waals surface area (Å²) in [6.45, 7) is 9.05. The van der Waals surface area contributed by atoms with Crippen molar-refractivity contribution in [1.82, 2.24) is 0 Å². The van der Waals surface area contributed by atoms with Crippen LogP contribution in [0.15, 0.2) is 0 Å². The summed E-state index contributed by atoms with van der Waals surface area (Å²) in [5, 5.41) is 0. The van der Waals surface area contributed by atoms with Gasteiger partial charge >= 0.3 is 17.9 Å². The highest BCUT2D eigenvalue weighted by Gasteiger charge is 2.19. The van der Waals surface area contributed by atoms with Gasteiger partial charge in [0.15, 0.2) is 6.10 Å². The fraction of sp³-hybridized carbons (Fsp3) is 0.947. The Balaban J connectivity index is 4.28. The Morgan fingerprint density at radius 3 is 0.778 bits per heavy atom. The molecule has 1 atom stereocenters. The van der Waals surface area contributed by atoms with Crippen molar-refractivity contribution in [2.24, 2.45) is 5.92 Å². The first-order valence-electron chi connectivity index (χ1n) is 28.4. The van der Waals surface area contributed by atoms with E-state index in [1.54, 1.807) is 0 Å². The van der Waals surface area contributed by atoms with E-state index in [0.717, 1.165) is 63.7 Å². The van der Waals surface area contributed by atoms with Gasteiger partial charge in [0.25, 0.3) is 0 Å². The zero-order valence-corrected chi connectivity index (χ0v) is 43.0. The number of rotatable bonds is 52. The van der Waals surface area contributed by atoms with Gasteiger partial charge in [0.1, 0.15) is 13.2 Å². The van der Waals surface area contributed by atoms with E-state index in [-0.39, 0.29) is 31.1 Å². The van der Waals surface area contributed by atoms with Crippen LogP contribution in [0.25, 0.3) is 0 Å². The third-order valence-electron chi connectivity index (χ3n) is 13.0. The van der Waals surface area contributed by atoms with Crippen LogP contribution >= 0.6 is 0 Å². The van der Waals surface area contributed by atoms with Gasteiger partial charge in [-0.05, 0) is 25.2 Å². The highest BCUT2D eigenvalue weighted by Crippen LogP contribution is 2.18. The summed E-state index contributed by atoms with van der Waals surface area (Å²) in [6.07, 6.45) is 55.2. The van der Waals surface area contributed by atoms with E-state index >= 15 is 0 Å². The molecule has 0 rings (SSSR count). The molecular formula is C57H110O6. The Labute approximate surface area is 393 Å². The van der Waals surface area contributed by atoms with Gasteiger partial charge in [0.05, 0.1) is 0 Å². The molecule has 374 valence electrons. The van der Waals surface area contributed by atoms with Crippen molar-refractivity contribution >= 4 is 17.9 Å². The second-order valence-corrected chi connectivity index (χ2v) is 20.1. The van der Waals surface area contributed by atoms with Gasteiger partial charge in [-0.3, -0.25) is 14.4 Å². The lowest BCUT2D eigenvalue weighted by Gasteiger charge is -2.18. The minimum atomic E-state index is -0.761. The van der Waals surface area contributed by atoms with E-state index < -0.39 is 6.10 Å². The third kappa shape index (κ3) is 51.3. The van der Waals surface area contributed by atoms with Gasteiger partial charge in [-0.2, -0.15) is 0 Å². The second-order valence-electron chi connectivity index (χ2n) is 20.1. The van der Waals surface area contributed by atoms with Gasteiger partial charge in [0, 0.05) is 19.3 Å². The van der Waals surface area contributed by atoms with Crippen LogP contribution in [0.4, 0.5) is 0 Å². The van der Waals surface area contributed by atoms with Crippen molar-refractivity contribution in [3.05, 3.63) is 0 Å². The molecule has 0 N–H and O–H groups in total. The molecule has 0 saturated carbocycles. The lowest BCUT2D eigenvalue weighted by atomic mass is 10.0. The summed E-state index contributed by atoms with van der Waals surface area (Å²) in [7, 11) is 0. The maximum Gasteiger partial charge on any atom is 0.306 e. The van der Waals surface area contributed by atoms with Crippen LogP contribution in [-0.2, 0) is 28.6 Å². The van der Waals surface area contributed by atoms with E-state index in [4.69, 9.17) is 14.2 Å². The highest BCUT2D eigenvalue weighted by molar-refractivity contribution is 5.71. The van der Waals surface area contributed by atoms with Gasteiger partial charge in [-0.15, -0.1) is 0 Å². The van der Waals surface area contributed by atoms with Crippen LogP contribution < -0.4 is 0 Å². The molecular weight excluding hydrogens is 781 g/mol. The van der Waals surface area contributed by atoms with Crippen LogP contribution in [0, 0.1) is 5.92 Å². The van der Waals surface area contributed by atoms with Gasteiger partial charge < -0.3 is 14.2 Å². The van der Waals surface area contributed by atoms with Crippen LogP contribution in [0.1, 0.15) is 323 Å². The predicted octanol–water partition coefficient (Wildman–Crippen LogP) is 18.6. The Morgan fingerprint density at radius 2 is 0.524 bits per heavy atom. The number of unbranched alkanes of at least 4 members (excludes halogenated alkanes) is 39. The lowest BCUT2D eigenvalue weighted by molar-refractivity contribution is -0.167. The van der Waals surface area contributed by atoms with E-state index in [2.05, 4.69) is 27.7 Å². The molecule has 0 aliphatic heterocycles. The molecule has 0 aromatic heterocycles. The smallest absolute Gasteiger partial charge is 0.306 e. The Morgan fingerprint density at radius 1 is 0.302 bits per heavy atom. The zero-order valence-electron chi connectivity index (χ0n) is 43.0. The summed E-state index contributed by atoms with van der Waals surface area (Å²) in [5.41, 5.74) is 0. The zero-order chi connectivity index (χ0) is 45.9. The molecule has 6 nitrogen and oxygen atoms in total. The minimum Gasteiger partial charge on any atom is -0.462 e. The van der Waals surface area contributed by atoms with Crippen LogP contribution in [0.5, 0.6) is 0 Å². The average Bonchev–Trinajstić information content (AvgIpc) is 3.27. The first-order chi connectivity index (χ1) is 30.9. The van der Waals surface area contributed by atoms with Gasteiger partial charge in [-0.25, -0.2) is 0 Å². The molecule has 63 heavy (non-hydrogen) atoms. The van der Waals surface area contributed by atoms with E-state index in [0.29, 0.717) is 19.3 Å². The molecule has 0 unspecified atom stereocenters. The monoisotopic (exact) mass is 891 g/mol. The summed E-state index contributed by atoms with van der Waals surface area (Å²) < 4.78 is 16.9. The highest BCUT2D eigenvalue weighted by atomic mass is 16.6. The number of hydrogen-bond donors (Lipinski definition) is 0. The molecule has 0 aliphatic rings. The van der Waals surface area contributed by atoms with Gasteiger partial charge in [0.2, 0.25) is 0 Å². The average molecular weight is 892 g/mol. The van der Waals surface area contributed by atoms with Crippen molar-refractivity contribution in [1.29, 1.82) is 0 Å². The number of hydrogen-bond acceptors (Lipinski definition) is 6. The summed E-state index contributed by atoms with van der Waals surface area (Å²) >= 11 is 0. The Kier molecular flexibility index (Phi) is 50.1. The van der Waals surface area contributed by atoms with Crippen molar-refractivity contribution < 1.29 is 28.6 Å². The fourth-order valence-electron chi connectivity index (χ4n) is 8.75. The topological polar surface area (TPSA) is 78.9 Å². The van der Waals surface area contributed by atoms with Crippen LogP contribution in [0.2, 0.25) is 0 Å². The fourth-order valence-corrected chi connectivity index (χ4v) is 8.75. The van der Waals surface area contributed by atoms with Crippen molar-refractivity contribution in [3.8, 4) is 0 Å². The van der Waals surface area contributed by atoms with Crippen molar-refractivity contribution in [2.45, 2.75) is 329 Å². The first kappa shape index (κ1) is 61.4. The summed E-state index contributed by atoms with van der Waals surface area (Å²) in [6, 6.07) is 0. The Hall–Kier alpha value is -1.59. The number of carbonyl (C=O) groups excluding carboxylic acids is 3. The Bertz CT molecular complexity index is 949. The quantitative estimate of drug-likeness (QED) is 0.0344. The number of esters is 3. The molecule has 0 amide bonds. The summed E-state index contributed by atoms with van der Waals surface area (Å²) in [4.78, 5) is 38.1. The summed E-state index contributed by atoms with van der Waals surface area (Å²) in [5.74, 6) is -0.0128. The minimum absolute atomic E-state index is 0.0621. The standard InChI is InChI=1S/C57H110O6/c1-5-7-9-11-13-15-17-19-20-21-22-23-25-29-33-37-41-45-49-56(59)62-52-54(51-61-55(58)48-44-40-36-32-28-24-18-16-14-12-10-8-6-2)63-57(60)50-46-42-38-34-30-26-27-31-35-39-43-47-53(3)4/h53-54H,5-52H2,1-4H3/t54-/m0/s1. The molecule has 0 spiro atoms. The predicted molar refractivity (Wildman–Crippen MR) is 270 cm³/mol. The lowest BCUT2D eigenvalue weighted by Crippen LogP contribution is -2.30. The van der Waals surface area contributed by atoms with Crippen molar-refractivity contribution in [3.63, 3.8) is 0 Å². The SMILES string of the molecule is CCCCCCCCCCCCCCCCCCCCC(=O)OC[C@H](COC(=O)CCCCCCCCCCCCCCC)OC(=O)CCCCCCCCCCCCCC(C)C. The van der Waals surface area contributed by atoms with E-state index in [9.17, 15) is 14.4 Å². The maximum atomic E-state index is 12.8. The molecule has 0 bridgehead atoms. The normalized spacial score (nSPS) is 12.0. The molecule has 0 fully saturated rings. The van der Waals surface area contributed by atoms with Crippen molar-refractivity contribution in [2.75, 3.05) is 13.2 Å². The van der Waals surface area contributed by atoms with Crippen LogP contribution in [0.3, 0.4) is 0 Å². The molecule has 0 aromatic rings. The molecule has 0 saturated heterocycles. The van der Waals surface area contributed by atoms with Gasteiger partial charge in [-0.1, -0.05) is 285 Å². The largest absolute Gasteiger partial charge is 0.462 e. The maximum absolute atomic E-state index is 12.8. The van der Waals surface area contributed by atoms with E-state index in [1.165, 1.54) is 218 Å². The third-order valence-corrected chi connectivity index (χ3v) is 13.0. The number of ether oxygens (including phenoxy) is 3. The molecule has 0 aliphatic carbocycles. The number of carbonyl (C=O) groups is 3. The molecule has 6 heteroatoms. The molecule has 0 radical (unpaired) electrons. The van der Waals surface area contributed by atoms with Crippen LogP contribution in [-0.4, -0.2) is 37.2 Å². The molecule has 0 heterocycles.